The first-order valence-corrected chi connectivity index (χ1v) is 8.41. The summed E-state index contributed by atoms with van der Waals surface area (Å²) in [7, 11) is 0. The fraction of sp³-hybridized carbons (Fsp3) is 0.400. The Balaban J connectivity index is 1.56. The molecular weight excluding hydrogens is 284 g/mol. The summed E-state index contributed by atoms with van der Waals surface area (Å²) in [6.45, 7) is 8.92. The molecule has 0 aliphatic carbocycles. The summed E-state index contributed by atoms with van der Waals surface area (Å²) >= 11 is 0. The smallest absolute Gasteiger partial charge is 0.0919 e. The third-order valence-electron chi connectivity index (χ3n) is 4.71. The molecule has 1 aliphatic heterocycles. The Kier molecular flexibility index (Phi) is 4.99. The maximum Gasteiger partial charge on any atom is 0.0919 e. The predicted molar refractivity (Wildman–Crippen MR) is 96.0 cm³/mol. The van der Waals surface area contributed by atoms with Crippen LogP contribution in [0.4, 0.5) is 5.69 Å². The van der Waals surface area contributed by atoms with Gasteiger partial charge in [0.05, 0.1) is 6.10 Å². The van der Waals surface area contributed by atoms with Crippen LogP contribution in [0, 0.1) is 13.8 Å². The normalized spacial score (nSPS) is 17.3. The highest BCUT2D eigenvalue weighted by Crippen LogP contribution is 2.21. The molecule has 2 aromatic carbocycles. The van der Waals surface area contributed by atoms with Gasteiger partial charge in [0.25, 0.3) is 0 Å². The van der Waals surface area contributed by atoms with Gasteiger partial charge in [-0.3, -0.25) is 4.90 Å². The molecule has 23 heavy (non-hydrogen) atoms. The summed E-state index contributed by atoms with van der Waals surface area (Å²) in [6.07, 6.45) is -0.404. The van der Waals surface area contributed by atoms with Crippen LogP contribution in [0.1, 0.15) is 22.8 Å². The predicted octanol–water partition coefficient (Wildman–Crippen LogP) is 3.16. The van der Waals surface area contributed by atoms with Crippen molar-refractivity contribution in [2.75, 3.05) is 37.6 Å². The number of hydrogen-bond donors (Lipinski definition) is 1. The van der Waals surface area contributed by atoms with Crippen molar-refractivity contribution in [3.8, 4) is 0 Å². The van der Waals surface area contributed by atoms with Crippen LogP contribution in [0.3, 0.4) is 0 Å². The summed E-state index contributed by atoms with van der Waals surface area (Å²) in [6, 6.07) is 16.9. The van der Waals surface area contributed by atoms with Gasteiger partial charge in [0.15, 0.2) is 0 Å². The van der Waals surface area contributed by atoms with Crippen molar-refractivity contribution in [2.24, 2.45) is 0 Å². The Bertz CT molecular complexity index is 633. The van der Waals surface area contributed by atoms with Crippen LogP contribution in [-0.2, 0) is 0 Å². The molecule has 3 rings (SSSR count). The molecule has 0 saturated carbocycles. The quantitative estimate of drug-likeness (QED) is 0.940. The van der Waals surface area contributed by atoms with Gasteiger partial charge >= 0.3 is 0 Å². The third-order valence-corrected chi connectivity index (χ3v) is 4.71. The van der Waals surface area contributed by atoms with E-state index in [1.807, 2.05) is 0 Å². The Morgan fingerprint density at radius 3 is 2.30 bits per heavy atom. The zero-order valence-electron chi connectivity index (χ0n) is 14.1. The first kappa shape index (κ1) is 16.0. The van der Waals surface area contributed by atoms with Gasteiger partial charge in [0.2, 0.25) is 0 Å². The second-order valence-corrected chi connectivity index (χ2v) is 6.50. The molecule has 1 atom stereocenters. The van der Waals surface area contributed by atoms with Crippen molar-refractivity contribution < 1.29 is 5.11 Å². The molecule has 1 N–H and O–H groups in total. The number of aliphatic hydroxyl groups excluding tert-OH is 1. The second kappa shape index (κ2) is 7.16. The molecule has 0 bridgehead atoms. The van der Waals surface area contributed by atoms with Gasteiger partial charge in [0, 0.05) is 38.4 Å². The number of rotatable bonds is 4. The maximum absolute atomic E-state index is 10.6. The summed E-state index contributed by atoms with van der Waals surface area (Å²) in [5.74, 6) is 0. The lowest BCUT2D eigenvalue weighted by Crippen LogP contribution is -2.47. The van der Waals surface area contributed by atoms with E-state index >= 15 is 0 Å². The zero-order valence-corrected chi connectivity index (χ0v) is 14.1. The number of aliphatic hydroxyl groups is 1. The van der Waals surface area contributed by atoms with Crippen molar-refractivity contribution in [1.29, 1.82) is 0 Å². The SMILES string of the molecule is Cc1ccc(C(O)CN2CCN(c3ccccc3)CC2)c(C)c1. The summed E-state index contributed by atoms with van der Waals surface area (Å²) in [4.78, 5) is 4.78. The number of piperazine rings is 1. The number of aryl methyl sites for hydroxylation is 2. The lowest BCUT2D eigenvalue weighted by molar-refractivity contribution is 0.109. The second-order valence-electron chi connectivity index (χ2n) is 6.50. The first-order chi connectivity index (χ1) is 11.1. The fourth-order valence-corrected chi connectivity index (χ4v) is 3.37. The van der Waals surface area contributed by atoms with E-state index in [1.165, 1.54) is 16.8 Å². The van der Waals surface area contributed by atoms with Gasteiger partial charge in [-0.15, -0.1) is 0 Å². The molecule has 0 spiro atoms. The van der Waals surface area contributed by atoms with Crippen molar-refractivity contribution >= 4 is 5.69 Å². The summed E-state index contributed by atoms with van der Waals surface area (Å²) in [5.41, 5.74) is 4.78. The molecule has 3 heteroatoms. The number of anilines is 1. The van der Waals surface area contributed by atoms with Crippen LogP contribution in [0.5, 0.6) is 0 Å². The van der Waals surface area contributed by atoms with E-state index in [1.54, 1.807) is 0 Å². The molecule has 0 aromatic heterocycles. The van der Waals surface area contributed by atoms with E-state index in [2.05, 4.69) is 72.2 Å². The molecular formula is C20H26N2O. The van der Waals surface area contributed by atoms with Crippen LogP contribution in [0.15, 0.2) is 48.5 Å². The van der Waals surface area contributed by atoms with E-state index in [0.717, 1.165) is 31.7 Å². The van der Waals surface area contributed by atoms with E-state index in [0.29, 0.717) is 6.54 Å². The Hall–Kier alpha value is -1.84. The average molecular weight is 310 g/mol. The fourth-order valence-electron chi connectivity index (χ4n) is 3.37. The summed E-state index contributed by atoms with van der Waals surface area (Å²) in [5, 5.41) is 10.6. The van der Waals surface area contributed by atoms with Crippen molar-refractivity contribution in [3.05, 3.63) is 65.2 Å². The number of nitrogens with zero attached hydrogens (tertiary/aromatic N) is 2. The van der Waals surface area contributed by atoms with Gasteiger partial charge < -0.3 is 10.0 Å². The molecule has 1 saturated heterocycles. The van der Waals surface area contributed by atoms with Gasteiger partial charge in [-0.05, 0) is 37.1 Å². The van der Waals surface area contributed by atoms with E-state index in [4.69, 9.17) is 0 Å². The molecule has 1 aliphatic rings. The molecule has 3 nitrogen and oxygen atoms in total. The minimum absolute atomic E-state index is 0.404. The lowest BCUT2D eigenvalue weighted by atomic mass is 10.0. The minimum Gasteiger partial charge on any atom is -0.387 e. The highest BCUT2D eigenvalue weighted by Gasteiger charge is 2.20. The molecule has 122 valence electrons. The molecule has 1 heterocycles. The van der Waals surface area contributed by atoms with E-state index < -0.39 is 6.10 Å². The van der Waals surface area contributed by atoms with Crippen LogP contribution in [0.2, 0.25) is 0 Å². The Morgan fingerprint density at radius 2 is 1.65 bits per heavy atom. The van der Waals surface area contributed by atoms with Gasteiger partial charge in [0.1, 0.15) is 0 Å². The van der Waals surface area contributed by atoms with Crippen molar-refractivity contribution in [1.82, 2.24) is 4.90 Å². The molecule has 0 amide bonds. The van der Waals surface area contributed by atoms with Crippen molar-refractivity contribution in [3.63, 3.8) is 0 Å². The van der Waals surface area contributed by atoms with Crippen LogP contribution < -0.4 is 4.90 Å². The largest absolute Gasteiger partial charge is 0.387 e. The topological polar surface area (TPSA) is 26.7 Å². The van der Waals surface area contributed by atoms with E-state index in [-0.39, 0.29) is 0 Å². The monoisotopic (exact) mass is 310 g/mol. The van der Waals surface area contributed by atoms with Crippen LogP contribution >= 0.6 is 0 Å². The summed E-state index contributed by atoms with van der Waals surface area (Å²) < 4.78 is 0. The van der Waals surface area contributed by atoms with Crippen LogP contribution in [-0.4, -0.2) is 42.7 Å². The standard InChI is InChI=1S/C20H26N2O/c1-16-8-9-19(17(2)14-16)20(23)15-21-10-12-22(13-11-21)18-6-4-3-5-7-18/h3-9,14,20,23H,10-13,15H2,1-2H3. The molecule has 1 fully saturated rings. The van der Waals surface area contributed by atoms with Crippen molar-refractivity contribution in [2.45, 2.75) is 20.0 Å². The zero-order chi connectivity index (χ0) is 16.2. The van der Waals surface area contributed by atoms with Crippen LogP contribution in [0.25, 0.3) is 0 Å². The lowest BCUT2D eigenvalue weighted by Gasteiger charge is -2.37. The Morgan fingerprint density at radius 1 is 0.957 bits per heavy atom. The maximum atomic E-state index is 10.6. The van der Waals surface area contributed by atoms with E-state index in [9.17, 15) is 5.11 Å². The number of β-amino-alcohol motifs (C(OH)–C–C–N with tert-alkyl or cyclic N) is 1. The highest BCUT2D eigenvalue weighted by atomic mass is 16.3. The highest BCUT2D eigenvalue weighted by molar-refractivity contribution is 5.46. The molecule has 2 aromatic rings. The average Bonchev–Trinajstić information content (AvgIpc) is 2.56. The van der Waals surface area contributed by atoms with Gasteiger partial charge in [-0.25, -0.2) is 0 Å². The number of benzene rings is 2. The molecule has 1 unspecified atom stereocenters. The molecule has 0 radical (unpaired) electrons. The van der Waals surface area contributed by atoms with Gasteiger partial charge in [-0.1, -0.05) is 42.0 Å². The van der Waals surface area contributed by atoms with Gasteiger partial charge in [-0.2, -0.15) is 0 Å². The third kappa shape index (κ3) is 3.92. The number of para-hydroxylation sites is 1. The number of hydrogen-bond acceptors (Lipinski definition) is 3. The first-order valence-electron chi connectivity index (χ1n) is 8.41. The minimum atomic E-state index is -0.404. The Labute approximate surface area is 139 Å².